The van der Waals surface area contributed by atoms with Gasteiger partial charge in [-0.2, -0.15) is 5.10 Å². The van der Waals surface area contributed by atoms with E-state index in [9.17, 15) is 9.59 Å². The summed E-state index contributed by atoms with van der Waals surface area (Å²) in [5, 5.41) is 10.7. The van der Waals surface area contributed by atoms with Gasteiger partial charge in [-0.3, -0.25) is 9.59 Å². The van der Waals surface area contributed by atoms with Crippen molar-refractivity contribution < 1.29 is 14.3 Å². The molecule has 2 aromatic carbocycles. The van der Waals surface area contributed by atoms with Crippen LogP contribution in [0.1, 0.15) is 42.7 Å². The highest BCUT2D eigenvalue weighted by Gasteiger charge is 2.25. The van der Waals surface area contributed by atoms with Crippen molar-refractivity contribution in [2.75, 3.05) is 10.6 Å². The monoisotopic (exact) mass is 424 g/mol. The first-order valence-corrected chi connectivity index (χ1v) is 9.98. The van der Waals surface area contributed by atoms with E-state index in [1.54, 1.807) is 48.1 Å². The van der Waals surface area contributed by atoms with Gasteiger partial charge in [0.25, 0.3) is 11.8 Å². The number of ether oxygens (including phenoxy) is 1. The molecule has 0 spiro atoms. The van der Waals surface area contributed by atoms with Crippen LogP contribution in [0.2, 0.25) is 5.02 Å². The van der Waals surface area contributed by atoms with E-state index in [0.717, 1.165) is 11.4 Å². The summed E-state index contributed by atoms with van der Waals surface area (Å²) >= 11 is 6.12. The Balaban J connectivity index is 1.63. The average molecular weight is 425 g/mol. The lowest BCUT2D eigenvalue weighted by Gasteiger charge is -2.23. The molecule has 1 aliphatic heterocycles. The van der Waals surface area contributed by atoms with Gasteiger partial charge in [0.2, 0.25) is 0 Å². The number of hydrogen-bond acceptors (Lipinski definition) is 4. The molecular weight excluding hydrogens is 404 g/mol. The first-order chi connectivity index (χ1) is 14.3. The van der Waals surface area contributed by atoms with Crippen LogP contribution in [0.25, 0.3) is 5.69 Å². The van der Waals surface area contributed by atoms with Crippen LogP contribution in [0.4, 0.5) is 11.4 Å². The van der Waals surface area contributed by atoms with Crippen LogP contribution in [0.3, 0.4) is 0 Å². The van der Waals surface area contributed by atoms with E-state index < -0.39 is 6.10 Å². The van der Waals surface area contributed by atoms with Crippen LogP contribution in [0.5, 0.6) is 5.75 Å². The van der Waals surface area contributed by atoms with Gasteiger partial charge in [-0.15, -0.1) is 0 Å². The van der Waals surface area contributed by atoms with Gasteiger partial charge in [0.15, 0.2) is 6.10 Å². The molecular formula is C22H21ClN4O3. The second kappa shape index (κ2) is 7.84. The topological polar surface area (TPSA) is 85.2 Å². The minimum absolute atomic E-state index is 0.0462. The Hall–Kier alpha value is -3.32. The molecule has 3 aromatic rings. The number of nitrogens with one attached hydrogen (secondary N) is 2. The van der Waals surface area contributed by atoms with E-state index in [0.29, 0.717) is 27.7 Å². The van der Waals surface area contributed by atoms with Crippen molar-refractivity contribution in [3.8, 4) is 11.4 Å². The lowest BCUT2D eigenvalue weighted by atomic mass is 10.0. The van der Waals surface area contributed by atoms with E-state index in [1.165, 1.54) is 0 Å². The Morgan fingerprint density at radius 3 is 2.80 bits per heavy atom. The van der Waals surface area contributed by atoms with Gasteiger partial charge < -0.3 is 15.4 Å². The highest BCUT2D eigenvalue weighted by atomic mass is 35.5. The molecule has 0 bridgehead atoms. The number of anilines is 2. The number of halogens is 1. The van der Waals surface area contributed by atoms with Crippen molar-refractivity contribution in [3.05, 3.63) is 64.9 Å². The quantitative estimate of drug-likeness (QED) is 0.639. The van der Waals surface area contributed by atoms with Crippen LogP contribution in [0.15, 0.2) is 48.7 Å². The molecule has 154 valence electrons. The molecule has 8 heteroatoms. The number of rotatable bonds is 4. The number of benzene rings is 2. The molecule has 1 aromatic heterocycles. The predicted octanol–water partition coefficient (Wildman–Crippen LogP) is 4.62. The number of fused-ring (bicyclic) bond motifs is 1. The standard InChI is InChI=1S/C22H21ClN4O3/c1-12(2)20-17(11-24-27(20)16-6-4-5-14(23)9-16)22(29)25-15-7-8-19-18(10-15)26-21(28)13(3)30-19/h4-13H,1-3H3,(H,25,29)(H,26,28). The molecule has 1 unspecified atom stereocenters. The maximum Gasteiger partial charge on any atom is 0.265 e. The Labute approximate surface area is 179 Å². The van der Waals surface area contributed by atoms with E-state index in [2.05, 4.69) is 15.7 Å². The molecule has 0 radical (unpaired) electrons. The fourth-order valence-electron chi connectivity index (χ4n) is 3.39. The lowest BCUT2D eigenvalue weighted by Crippen LogP contribution is -2.34. The van der Waals surface area contributed by atoms with Crippen molar-refractivity contribution in [2.45, 2.75) is 32.8 Å². The van der Waals surface area contributed by atoms with Crippen LogP contribution >= 0.6 is 11.6 Å². The zero-order chi connectivity index (χ0) is 21.4. The molecule has 7 nitrogen and oxygen atoms in total. The number of aromatic nitrogens is 2. The number of nitrogens with zero attached hydrogens (tertiary/aromatic N) is 2. The van der Waals surface area contributed by atoms with Gasteiger partial charge in [0.05, 0.1) is 28.8 Å². The summed E-state index contributed by atoms with van der Waals surface area (Å²) in [7, 11) is 0. The second-order valence-electron chi connectivity index (χ2n) is 7.40. The molecule has 30 heavy (non-hydrogen) atoms. The Kier molecular flexibility index (Phi) is 5.22. The summed E-state index contributed by atoms with van der Waals surface area (Å²) in [6.07, 6.45) is 1.00. The molecule has 4 rings (SSSR count). The highest BCUT2D eigenvalue weighted by molar-refractivity contribution is 6.30. The van der Waals surface area contributed by atoms with Gasteiger partial charge in [-0.05, 0) is 49.2 Å². The molecule has 0 fully saturated rings. The van der Waals surface area contributed by atoms with Gasteiger partial charge in [0, 0.05) is 10.7 Å². The van der Waals surface area contributed by atoms with Gasteiger partial charge in [-0.1, -0.05) is 31.5 Å². The van der Waals surface area contributed by atoms with Crippen LogP contribution < -0.4 is 15.4 Å². The second-order valence-corrected chi connectivity index (χ2v) is 7.84. The van der Waals surface area contributed by atoms with E-state index >= 15 is 0 Å². The number of hydrogen-bond donors (Lipinski definition) is 2. The lowest BCUT2D eigenvalue weighted by molar-refractivity contribution is -0.122. The maximum atomic E-state index is 13.0. The molecule has 0 aliphatic carbocycles. The third-order valence-electron chi connectivity index (χ3n) is 4.82. The minimum Gasteiger partial charge on any atom is -0.479 e. The molecule has 2 amide bonds. The number of carbonyl (C=O) groups is 2. The Bertz CT molecular complexity index is 1140. The van der Waals surface area contributed by atoms with Crippen LogP contribution in [0, 0.1) is 0 Å². The summed E-state index contributed by atoms with van der Waals surface area (Å²) in [6.45, 7) is 5.68. The fraction of sp³-hybridized carbons (Fsp3) is 0.227. The summed E-state index contributed by atoms with van der Waals surface area (Å²) in [6, 6.07) is 12.4. The van der Waals surface area contributed by atoms with Crippen LogP contribution in [-0.4, -0.2) is 27.7 Å². The zero-order valence-corrected chi connectivity index (χ0v) is 17.5. The summed E-state index contributed by atoms with van der Waals surface area (Å²) < 4.78 is 7.28. The van der Waals surface area contributed by atoms with E-state index in [4.69, 9.17) is 16.3 Å². The molecule has 0 saturated carbocycles. The number of carbonyl (C=O) groups excluding carboxylic acids is 2. The molecule has 1 aliphatic rings. The van der Waals surface area contributed by atoms with Gasteiger partial charge >= 0.3 is 0 Å². The third-order valence-corrected chi connectivity index (χ3v) is 5.05. The average Bonchev–Trinajstić information content (AvgIpc) is 3.15. The summed E-state index contributed by atoms with van der Waals surface area (Å²) in [5.41, 5.74) is 3.10. The van der Waals surface area contributed by atoms with Crippen molar-refractivity contribution in [1.29, 1.82) is 0 Å². The SMILES string of the molecule is CC1Oc2ccc(NC(=O)c3cnn(-c4cccc(Cl)c4)c3C(C)C)cc2NC1=O. The van der Waals surface area contributed by atoms with E-state index in [1.807, 2.05) is 26.0 Å². The molecule has 2 N–H and O–H groups in total. The first kappa shape index (κ1) is 20.0. The maximum absolute atomic E-state index is 13.0. The van der Waals surface area contributed by atoms with Crippen molar-refractivity contribution >= 4 is 34.8 Å². The molecule has 2 heterocycles. The highest BCUT2D eigenvalue weighted by Crippen LogP contribution is 2.32. The number of amides is 2. The Morgan fingerprint density at radius 1 is 1.27 bits per heavy atom. The van der Waals surface area contributed by atoms with Crippen molar-refractivity contribution in [1.82, 2.24) is 9.78 Å². The molecule has 0 saturated heterocycles. The van der Waals surface area contributed by atoms with Crippen molar-refractivity contribution in [2.24, 2.45) is 0 Å². The summed E-state index contributed by atoms with van der Waals surface area (Å²) in [4.78, 5) is 24.9. The fourth-order valence-corrected chi connectivity index (χ4v) is 3.57. The van der Waals surface area contributed by atoms with Gasteiger partial charge in [-0.25, -0.2) is 4.68 Å². The van der Waals surface area contributed by atoms with E-state index in [-0.39, 0.29) is 17.7 Å². The summed E-state index contributed by atoms with van der Waals surface area (Å²) in [5.74, 6) is 0.0981. The normalized spacial score (nSPS) is 15.4. The smallest absolute Gasteiger partial charge is 0.265 e. The Morgan fingerprint density at radius 2 is 2.07 bits per heavy atom. The largest absolute Gasteiger partial charge is 0.479 e. The zero-order valence-electron chi connectivity index (χ0n) is 16.8. The molecule has 1 atom stereocenters. The third kappa shape index (κ3) is 3.76. The first-order valence-electron chi connectivity index (χ1n) is 9.60. The van der Waals surface area contributed by atoms with Gasteiger partial charge in [0.1, 0.15) is 5.75 Å². The van der Waals surface area contributed by atoms with Crippen LogP contribution in [-0.2, 0) is 4.79 Å². The minimum atomic E-state index is -0.552. The van der Waals surface area contributed by atoms with Crippen molar-refractivity contribution in [3.63, 3.8) is 0 Å². The predicted molar refractivity (Wildman–Crippen MR) is 116 cm³/mol.